The molecule has 0 saturated carbocycles. The van der Waals surface area contributed by atoms with Gasteiger partial charge in [0, 0.05) is 36.2 Å². The third-order valence-corrected chi connectivity index (χ3v) is 5.86. The minimum absolute atomic E-state index is 0.267. The molecule has 0 radical (unpaired) electrons. The van der Waals surface area contributed by atoms with E-state index in [-0.39, 0.29) is 5.82 Å². The molecule has 8 heteroatoms. The zero-order chi connectivity index (χ0) is 21.5. The van der Waals surface area contributed by atoms with Gasteiger partial charge in [0.15, 0.2) is 5.84 Å². The molecule has 0 bridgehead atoms. The highest BCUT2D eigenvalue weighted by atomic mass is 19.1. The Bertz CT molecular complexity index is 1190. The molecule has 3 heterocycles. The van der Waals surface area contributed by atoms with Crippen molar-refractivity contribution in [2.75, 3.05) is 23.0 Å². The van der Waals surface area contributed by atoms with Gasteiger partial charge in [0.1, 0.15) is 5.82 Å². The second-order valence-electron chi connectivity index (χ2n) is 7.87. The first kappa shape index (κ1) is 19.2. The van der Waals surface area contributed by atoms with Crippen LogP contribution in [0, 0.1) is 5.82 Å². The van der Waals surface area contributed by atoms with Crippen LogP contribution in [-0.2, 0) is 6.54 Å². The van der Waals surface area contributed by atoms with Crippen LogP contribution in [0.4, 0.5) is 15.8 Å². The summed E-state index contributed by atoms with van der Waals surface area (Å²) >= 11 is 0. The van der Waals surface area contributed by atoms with Gasteiger partial charge in [-0.25, -0.2) is 10.2 Å². The number of benzene rings is 2. The van der Waals surface area contributed by atoms with Gasteiger partial charge in [-0.15, -0.1) is 0 Å². The Balaban J connectivity index is 1.57. The Hall–Kier alpha value is -3.78. The molecule has 0 spiro atoms. The quantitative estimate of drug-likeness (QED) is 0.440. The van der Waals surface area contributed by atoms with Gasteiger partial charge >= 0.3 is 0 Å². The molecule has 2 aliphatic heterocycles. The number of nitrogens with two attached hydrogens (primary N) is 3. The lowest BCUT2D eigenvalue weighted by molar-refractivity contribution is 0.628. The first-order chi connectivity index (χ1) is 15.0. The second kappa shape index (κ2) is 7.48. The number of amidine groups is 1. The number of hydrazine groups is 1. The van der Waals surface area contributed by atoms with Gasteiger partial charge in [0.25, 0.3) is 0 Å². The topological polar surface area (TPSA) is 102 Å². The summed E-state index contributed by atoms with van der Waals surface area (Å²) in [5.41, 5.74) is 12.6. The predicted octanol–water partition coefficient (Wildman–Crippen LogP) is 2.71. The van der Waals surface area contributed by atoms with Gasteiger partial charge in [-0.2, -0.15) is 5.10 Å². The van der Waals surface area contributed by atoms with Gasteiger partial charge in [-0.1, -0.05) is 18.2 Å². The molecule has 0 saturated heterocycles. The van der Waals surface area contributed by atoms with Crippen LogP contribution >= 0.6 is 0 Å². The zero-order valence-electron chi connectivity index (χ0n) is 17.0. The van der Waals surface area contributed by atoms with Gasteiger partial charge in [0.05, 0.1) is 17.9 Å². The number of fused-ring (bicyclic) bond motifs is 2. The van der Waals surface area contributed by atoms with E-state index in [0.717, 1.165) is 52.4 Å². The molecule has 0 unspecified atom stereocenters. The summed E-state index contributed by atoms with van der Waals surface area (Å²) < 4.78 is 15.4. The lowest BCUT2D eigenvalue weighted by Crippen LogP contribution is -2.39. The molecule has 0 amide bonds. The van der Waals surface area contributed by atoms with Gasteiger partial charge in [-0.05, 0) is 53.9 Å². The summed E-state index contributed by atoms with van der Waals surface area (Å²) in [5.74, 6) is 12.4. The second-order valence-corrected chi connectivity index (χ2v) is 7.87. The lowest BCUT2D eigenvalue weighted by Gasteiger charge is -2.29. The molecule has 3 aromatic rings. The van der Waals surface area contributed by atoms with Crippen molar-refractivity contribution < 1.29 is 4.39 Å². The number of nitrogens with zero attached hydrogens (tertiary/aromatic N) is 4. The van der Waals surface area contributed by atoms with Crippen molar-refractivity contribution >= 4 is 17.2 Å². The summed E-state index contributed by atoms with van der Waals surface area (Å²) in [6.45, 7) is 2.24. The van der Waals surface area contributed by atoms with E-state index in [0.29, 0.717) is 18.9 Å². The summed E-state index contributed by atoms with van der Waals surface area (Å²) in [5, 5.41) is 5.50. The first-order valence-corrected chi connectivity index (χ1v) is 10.1. The van der Waals surface area contributed by atoms with E-state index in [1.807, 2.05) is 18.3 Å². The third-order valence-electron chi connectivity index (χ3n) is 5.86. The fraction of sp³-hybridized carbons (Fsp3) is 0.174. The van der Waals surface area contributed by atoms with E-state index >= 15 is 0 Å². The highest BCUT2D eigenvalue weighted by Crippen LogP contribution is 2.33. The van der Waals surface area contributed by atoms with Crippen molar-refractivity contribution in [1.82, 2.24) is 4.57 Å². The van der Waals surface area contributed by atoms with Crippen LogP contribution < -0.4 is 27.3 Å². The SMILES string of the molecule is N/N=C1/c2cc(-c3ccc(F)cc3)cn2Cc2cc(N3CCC=C(N)C3)ccc2N1N. The maximum atomic E-state index is 13.4. The van der Waals surface area contributed by atoms with Gasteiger partial charge in [0.2, 0.25) is 0 Å². The number of aromatic nitrogens is 1. The fourth-order valence-electron chi connectivity index (χ4n) is 4.30. The highest BCUT2D eigenvalue weighted by Gasteiger charge is 2.25. The number of halogens is 1. The molecule has 1 aromatic heterocycles. The third kappa shape index (κ3) is 3.40. The van der Waals surface area contributed by atoms with Crippen molar-refractivity contribution in [3.63, 3.8) is 0 Å². The fourth-order valence-corrected chi connectivity index (χ4v) is 4.30. The van der Waals surface area contributed by atoms with Crippen molar-refractivity contribution in [2.45, 2.75) is 13.0 Å². The monoisotopic (exact) mass is 417 g/mol. The lowest BCUT2D eigenvalue weighted by atomic mass is 10.1. The Morgan fingerprint density at radius 1 is 0.968 bits per heavy atom. The van der Waals surface area contributed by atoms with Crippen LogP contribution in [0.1, 0.15) is 17.7 Å². The molecule has 0 aliphatic carbocycles. The Labute approximate surface area is 179 Å². The Kier molecular flexibility index (Phi) is 4.63. The molecule has 2 aliphatic rings. The number of rotatable bonds is 2. The van der Waals surface area contributed by atoms with E-state index < -0.39 is 0 Å². The summed E-state index contributed by atoms with van der Waals surface area (Å²) in [4.78, 5) is 2.26. The summed E-state index contributed by atoms with van der Waals surface area (Å²) in [6, 6.07) is 14.6. The average molecular weight is 417 g/mol. The average Bonchev–Trinajstić information content (AvgIpc) is 3.13. The zero-order valence-corrected chi connectivity index (χ0v) is 17.0. The van der Waals surface area contributed by atoms with Crippen molar-refractivity contribution in [3.05, 3.63) is 83.6 Å². The Morgan fingerprint density at radius 3 is 2.52 bits per heavy atom. The standard InChI is InChI=1S/C23H24FN7/c24-18-5-3-15(4-6-18)16-11-22-23(28-26)31(27)21-8-7-20(10-17(21)13-30(22)12-16)29-9-1-2-19(25)14-29/h2-8,10-12H,1,9,13-14,25-27H2/b28-23-. The number of anilines is 2. The van der Waals surface area contributed by atoms with Gasteiger partial charge < -0.3 is 21.0 Å². The molecule has 7 nitrogen and oxygen atoms in total. The molecule has 158 valence electrons. The molecular formula is C23H24FN7. The first-order valence-electron chi connectivity index (χ1n) is 10.1. The van der Waals surface area contributed by atoms with Crippen LogP contribution in [0.25, 0.3) is 11.1 Å². The maximum absolute atomic E-state index is 13.4. The molecule has 0 atom stereocenters. The maximum Gasteiger partial charge on any atom is 0.190 e. The predicted molar refractivity (Wildman–Crippen MR) is 122 cm³/mol. The highest BCUT2D eigenvalue weighted by molar-refractivity contribution is 6.09. The molecule has 2 aromatic carbocycles. The van der Waals surface area contributed by atoms with Crippen LogP contribution in [-0.4, -0.2) is 23.5 Å². The van der Waals surface area contributed by atoms with Crippen molar-refractivity contribution in [1.29, 1.82) is 0 Å². The molecular weight excluding hydrogens is 393 g/mol. The van der Waals surface area contributed by atoms with Crippen LogP contribution in [0.2, 0.25) is 0 Å². The van der Waals surface area contributed by atoms with E-state index in [1.165, 1.54) is 17.1 Å². The van der Waals surface area contributed by atoms with E-state index in [4.69, 9.17) is 17.4 Å². The molecule has 31 heavy (non-hydrogen) atoms. The minimum atomic E-state index is -0.267. The van der Waals surface area contributed by atoms with Crippen LogP contribution in [0.5, 0.6) is 0 Å². The molecule has 6 N–H and O–H groups in total. The normalized spacial score (nSPS) is 17.2. The number of hydrogen-bond acceptors (Lipinski definition) is 5. The largest absolute Gasteiger partial charge is 0.401 e. The van der Waals surface area contributed by atoms with Crippen molar-refractivity contribution in [2.24, 2.45) is 22.5 Å². The number of hydrogen-bond donors (Lipinski definition) is 3. The Morgan fingerprint density at radius 2 is 1.77 bits per heavy atom. The van der Waals surface area contributed by atoms with Gasteiger partial charge in [-0.3, -0.25) is 5.01 Å². The molecule has 5 rings (SSSR count). The minimum Gasteiger partial charge on any atom is -0.401 e. The van der Waals surface area contributed by atoms with Crippen molar-refractivity contribution in [3.8, 4) is 11.1 Å². The molecule has 0 fully saturated rings. The van der Waals surface area contributed by atoms with E-state index in [9.17, 15) is 4.39 Å². The summed E-state index contributed by atoms with van der Waals surface area (Å²) in [7, 11) is 0. The van der Waals surface area contributed by atoms with E-state index in [1.54, 1.807) is 12.1 Å². The van der Waals surface area contributed by atoms with Crippen LogP contribution in [0.3, 0.4) is 0 Å². The number of hydrazone groups is 1. The van der Waals surface area contributed by atoms with Crippen LogP contribution in [0.15, 0.2) is 71.6 Å². The summed E-state index contributed by atoms with van der Waals surface area (Å²) in [6.07, 6.45) is 5.03. The van der Waals surface area contributed by atoms with E-state index in [2.05, 4.69) is 32.8 Å². The smallest absolute Gasteiger partial charge is 0.190 e.